The van der Waals surface area contributed by atoms with Crippen LogP contribution >= 0.6 is 0 Å². The number of hydrogen-bond donors (Lipinski definition) is 2. The van der Waals surface area contributed by atoms with Crippen LogP contribution in [-0.4, -0.2) is 52.8 Å². The normalized spacial score (nSPS) is 12.2. The molecule has 0 fully saturated rings. The monoisotopic (exact) mass is 455 g/mol. The van der Waals surface area contributed by atoms with Crippen molar-refractivity contribution in [2.24, 2.45) is 0 Å². The fourth-order valence-electron chi connectivity index (χ4n) is 2.82. The number of ether oxygens (including phenoxy) is 1. The zero-order chi connectivity index (χ0) is 23.2. The summed E-state index contributed by atoms with van der Waals surface area (Å²) in [7, 11) is -2.55. The molecule has 1 atom stereocenters. The summed E-state index contributed by atoms with van der Waals surface area (Å²) in [5, 5.41) is 5.15. The Kier molecular flexibility index (Phi) is 8.06. The average Bonchev–Trinajstić information content (AvgIpc) is 2.70. The minimum Gasteiger partial charge on any atom is -0.383 e. The molecule has 0 unspecified atom stereocenters. The number of halogens is 2. The number of amides is 2. The van der Waals surface area contributed by atoms with Crippen LogP contribution in [0.1, 0.15) is 17.3 Å². The molecular weight excluding hydrogens is 432 g/mol. The number of para-hydroxylation sites is 1. The van der Waals surface area contributed by atoms with E-state index in [2.05, 4.69) is 10.6 Å². The largest absolute Gasteiger partial charge is 0.383 e. The zero-order valence-corrected chi connectivity index (χ0v) is 18.0. The third-order valence-electron chi connectivity index (χ3n) is 4.27. The van der Waals surface area contributed by atoms with E-state index in [0.29, 0.717) is 17.0 Å². The molecule has 2 rings (SSSR count). The number of carbonyl (C=O) groups is 2. The van der Waals surface area contributed by atoms with Crippen LogP contribution in [0.2, 0.25) is 0 Å². The number of rotatable bonds is 9. The van der Waals surface area contributed by atoms with E-state index in [1.54, 1.807) is 12.1 Å². The number of hydrogen-bond acceptors (Lipinski definition) is 5. The molecule has 2 aromatic carbocycles. The van der Waals surface area contributed by atoms with E-state index in [9.17, 15) is 26.8 Å². The molecule has 0 spiro atoms. The van der Waals surface area contributed by atoms with Crippen LogP contribution in [0.4, 0.5) is 20.2 Å². The minimum atomic E-state index is -4.04. The van der Waals surface area contributed by atoms with Crippen LogP contribution in [0.25, 0.3) is 0 Å². The van der Waals surface area contributed by atoms with Crippen molar-refractivity contribution in [1.82, 2.24) is 5.32 Å². The molecule has 0 heterocycles. The van der Waals surface area contributed by atoms with Gasteiger partial charge >= 0.3 is 0 Å². The predicted octanol–water partition coefficient (Wildman–Crippen LogP) is 2.13. The van der Waals surface area contributed by atoms with Gasteiger partial charge in [-0.2, -0.15) is 0 Å². The lowest BCUT2D eigenvalue weighted by Gasteiger charge is -2.28. The summed E-state index contributed by atoms with van der Waals surface area (Å²) in [6.07, 6.45) is 0.842. The summed E-state index contributed by atoms with van der Waals surface area (Å²) in [6, 6.07) is 7.36. The molecule has 0 radical (unpaired) electrons. The quantitative estimate of drug-likeness (QED) is 0.564. The SMILES string of the molecule is COCCNC(=O)c1ccccc1NC(=O)[C@H](C)N(c1ccc(F)c(F)c1)S(C)(=O)=O. The van der Waals surface area contributed by atoms with Gasteiger partial charge in [0.1, 0.15) is 6.04 Å². The second-order valence-corrected chi connectivity index (χ2v) is 8.48. The smallest absolute Gasteiger partial charge is 0.253 e. The maximum atomic E-state index is 13.7. The summed E-state index contributed by atoms with van der Waals surface area (Å²) in [4.78, 5) is 25.2. The maximum Gasteiger partial charge on any atom is 0.253 e. The van der Waals surface area contributed by atoms with Gasteiger partial charge in [-0.05, 0) is 31.2 Å². The van der Waals surface area contributed by atoms with Gasteiger partial charge < -0.3 is 15.4 Å². The molecule has 168 valence electrons. The van der Waals surface area contributed by atoms with Crippen LogP contribution in [0, 0.1) is 11.6 Å². The number of anilines is 2. The lowest BCUT2D eigenvalue weighted by atomic mass is 10.1. The minimum absolute atomic E-state index is 0.160. The van der Waals surface area contributed by atoms with Gasteiger partial charge in [-0.3, -0.25) is 13.9 Å². The van der Waals surface area contributed by atoms with E-state index in [0.717, 1.165) is 18.4 Å². The Morgan fingerprint density at radius 2 is 1.81 bits per heavy atom. The lowest BCUT2D eigenvalue weighted by Crippen LogP contribution is -2.45. The van der Waals surface area contributed by atoms with Gasteiger partial charge in [-0.25, -0.2) is 17.2 Å². The van der Waals surface area contributed by atoms with Gasteiger partial charge in [-0.15, -0.1) is 0 Å². The van der Waals surface area contributed by atoms with Gasteiger partial charge in [0.25, 0.3) is 5.91 Å². The highest BCUT2D eigenvalue weighted by Gasteiger charge is 2.30. The molecular formula is C20H23F2N3O5S. The van der Waals surface area contributed by atoms with Gasteiger partial charge in [0.05, 0.1) is 29.8 Å². The van der Waals surface area contributed by atoms with E-state index in [1.807, 2.05) is 0 Å². The standard InChI is InChI=1S/C20H23F2N3O5S/c1-13(25(31(3,28)29)14-8-9-16(21)17(22)12-14)19(26)24-18-7-5-4-6-15(18)20(27)23-10-11-30-2/h4-9,12-13H,10-11H2,1-3H3,(H,23,27)(H,24,26)/t13-/m0/s1. The van der Waals surface area contributed by atoms with Crippen molar-refractivity contribution < 1.29 is 31.5 Å². The first-order valence-electron chi connectivity index (χ1n) is 9.17. The molecule has 0 saturated heterocycles. The number of carbonyl (C=O) groups excluding carboxylic acids is 2. The molecule has 31 heavy (non-hydrogen) atoms. The Bertz CT molecular complexity index is 1060. The molecule has 0 saturated carbocycles. The van der Waals surface area contributed by atoms with Crippen molar-refractivity contribution >= 4 is 33.2 Å². The molecule has 11 heteroatoms. The van der Waals surface area contributed by atoms with Gasteiger partial charge in [-0.1, -0.05) is 12.1 Å². The van der Waals surface area contributed by atoms with Crippen molar-refractivity contribution in [2.75, 3.05) is 36.1 Å². The van der Waals surface area contributed by atoms with E-state index in [4.69, 9.17) is 4.74 Å². The first-order valence-corrected chi connectivity index (χ1v) is 11.0. The highest BCUT2D eigenvalue weighted by atomic mass is 32.2. The summed E-state index contributed by atoms with van der Waals surface area (Å²) >= 11 is 0. The number of nitrogens with one attached hydrogen (secondary N) is 2. The van der Waals surface area contributed by atoms with Crippen molar-refractivity contribution in [1.29, 1.82) is 0 Å². The molecule has 2 N–H and O–H groups in total. The van der Waals surface area contributed by atoms with E-state index in [1.165, 1.54) is 26.2 Å². The van der Waals surface area contributed by atoms with E-state index < -0.39 is 39.5 Å². The number of methoxy groups -OCH3 is 1. The Morgan fingerprint density at radius 1 is 1.13 bits per heavy atom. The predicted molar refractivity (Wildman–Crippen MR) is 112 cm³/mol. The molecule has 8 nitrogen and oxygen atoms in total. The molecule has 0 aliphatic heterocycles. The second kappa shape index (κ2) is 10.3. The fraction of sp³-hybridized carbons (Fsp3) is 0.300. The number of benzene rings is 2. The average molecular weight is 455 g/mol. The Labute approximate surface area is 179 Å². The van der Waals surface area contributed by atoms with Crippen LogP contribution < -0.4 is 14.9 Å². The lowest BCUT2D eigenvalue weighted by molar-refractivity contribution is -0.116. The third kappa shape index (κ3) is 6.22. The number of nitrogens with zero attached hydrogens (tertiary/aromatic N) is 1. The molecule has 0 bridgehead atoms. The first-order chi connectivity index (χ1) is 14.6. The summed E-state index contributed by atoms with van der Waals surface area (Å²) in [6.45, 7) is 1.85. The van der Waals surface area contributed by atoms with Crippen molar-refractivity contribution in [3.05, 3.63) is 59.7 Å². The first kappa shape index (κ1) is 24.2. The van der Waals surface area contributed by atoms with Gasteiger partial charge in [0, 0.05) is 19.7 Å². The molecule has 0 aliphatic rings. The van der Waals surface area contributed by atoms with Crippen LogP contribution in [0.15, 0.2) is 42.5 Å². The summed E-state index contributed by atoms with van der Waals surface area (Å²) < 4.78 is 57.1. The molecule has 2 amide bonds. The van der Waals surface area contributed by atoms with Crippen molar-refractivity contribution in [2.45, 2.75) is 13.0 Å². The molecule has 0 aliphatic carbocycles. The van der Waals surface area contributed by atoms with E-state index in [-0.39, 0.29) is 23.5 Å². The van der Waals surface area contributed by atoms with Gasteiger partial charge in [0.2, 0.25) is 15.9 Å². The second-order valence-electron chi connectivity index (χ2n) is 6.62. The molecule has 2 aromatic rings. The van der Waals surface area contributed by atoms with Gasteiger partial charge in [0.15, 0.2) is 11.6 Å². The number of sulfonamides is 1. The third-order valence-corrected chi connectivity index (χ3v) is 5.51. The molecule has 0 aromatic heterocycles. The highest BCUT2D eigenvalue weighted by molar-refractivity contribution is 7.92. The topological polar surface area (TPSA) is 105 Å². The summed E-state index contributed by atoms with van der Waals surface area (Å²) in [5.74, 6) is -3.63. The van der Waals surface area contributed by atoms with Crippen LogP contribution in [-0.2, 0) is 19.6 Å². The van der Waals surface area contributed by atoms with Crippen LogP contribution in [0.3, 0.4) is 0 Å². The fourth-order valence-corrected chi connectivity index (χ4v) is 3.99. The maximum absolute atomic E-state index is 13.7. The van der Waals surface area contributed by atoms with Crippen LogP contribution in [0.5, 0.6) is 0 Å². The highest BCUT2D eigenvalue weighted by Crippen LogP contribution is 2.24. The van der Waals surface area contributed by atoms with E-state index >= 15 is 0 Å². The summed E-state index contributed by atoms with van der Waals surface area (Å²) in [5.41, 5.74) is 0.112. The Hall–Kier alpha value is -3.05. The van der Waals surface area contributed by atoms with Crippen molar-refractivity contribution in [3.63, 3.8) is 0 Å². The Morgan fingerprint density at radius 3 is 2.42 bits per heavy atom. The Balaban J connectivity index is 2.29. The zero-order valence-electron chi connectivity index (χ0n) is 17.2. The van der Waals surface area contributed by atoms with Crippen molar-refractivity contribution in [3.8, 4) is 0 Å².